The number of nitrogens with one attached hydrogen (secondary N) is 1. The van der Waals surface area contributed by atoms with Gasteiger partial charge in [0.15, 0.2) is 5.17 Å². The van der Waals surface area contributed by atoms with Gasteiger partial charge in [-0.25, -0.2) is 0 Å². The number of hydrogen-bond donors (Lipinski definition) is 1. The van der Waals surface area contributed by atoms with Gasteiger partial charge in [0.05, 0.1) is 0 Å². The summed E-state index contributed by atoms with van der Waals surface area (Å²) in [5.41, 5.74) is 0. The number of amides is 1. The van der Waals surface area contributed by atoms with Crippen LogP contribution in [0.1, 0.15) is 44.9 Å². The Morgan fingerprint density at radius 3 is 2.71 bits per heavy atom. The van der Waals surface area contributed by atoms with Crippen LogP contribution in [0.4, 0.5) is 0 Å². The minimum Gasteiger partial charge on any atom is -0.361 e. The molecule has 3 fully saturated rings. The number of rotatable bonds is 1. The second-order valence-corrected chi connectivity index (χ2v) is 7.47. The molecule has 1 amide bonds. The molecular formula is C13H18N2OS. The number of carbonyl (C=O) groups excluding carboxylic acids is 1. The largest absolute Gasteiger partial charge is 0.361 e. The van der Waals surface area contributed by atoms with Crippen molar-refractivity contribution in [2.24, 2.45) is 16.8 Å². The molecule has 92 valence electrons. The molecule has 3 saturated carbocycles. The van der Waals surface area contributed by atoms with E-state index in [1.165, 1.54) is 32.1 Å². The summed E-state index contributed by atoms with van der Waals surface area (Å²) in [6, 6.07) is 0.600. The molecule has 1 aliphatic heterocycles. The van der Waals surface area contributed by atoms with Crippen LogP contribution in [0.15, 0.2) is 4.99 Å². The fourth-order valence-corrected chi connectivity index (χ4v) is 5.24. The van der Waals surface area contributed by atoms with Crippen LogP contribution in [0.25, 0.3) is 0 Å². The summed E-state index contributed by atoms with van der Waals surface area (Å²) in [7, 11) is 0. The quantitative estimate of drug-likeness (QED) is 0.776. The zero-order valence-corrected chi connectivity index (χ0v) is 10.8. The lowest BCUT2D eigenvalue weighted by atomic mass is 9.84. The predicted octanol–water partition coefficient (Wildman–Crippen LogP) is 2.32. The van der Waals surface area contributed by atoms with Gasteiger partial charge < -0.3 is 5.32 Å². The maximum absolute atomic E-state index is 11.9. The number of hydrogen-bond acceptors (Lipinski definition) is 3. The van der Waals surface area contributed by atoms with Crippen molar-refractivity contribution in [2.45, 2.75) is 55.7 Å². The highest BCUT2D eigenvalue weighted by atomic mass is 32.2. The third-order valence-electron chi connectivity index (χ3n) is 5.09. The second kappa shape index (κ2) is 3.50. The topological polar surface area (TPSA) is 41.5 Å². The standard InChI is InChI=1S/C13H18N2OS/c16-11-13(4-1-5-13)17-12(15-11)14-10-7-8-2-3-9(10)6-8/h8-10H,1-7H2,(H,14,15,16). The second-order valence-electron chi connectivity index (χ2n) is 6.10. The van der Waals surface area contributed by atoms with Gasteiger partial charge >= 0.3 is 0 Å². The van der Waals surface area contributed by atoms with Crippen molar-refractivity contribution in [1.29, 1.82) is 0 Å². The van der Waals surface area contributed by atoms with E-state index in [2.05, 4.69) is 10.3 Å². The molecular weight excluding hydrogens is 232 g/mol. The van der Waals surface area contributed by atoms with E-state index in [4.69, 9.17) is 0 Å². The number of aliphatic imine (C=N–C) groups is 1. The first-order valence-electron chi connectivity index (χ1n) is 6.84. The van der Waals surface area contributed by atoms with Crippen LogP contribution in [-0.2, 0) is 4.79 Å². The molecule has 0 aromatic heterocycles. The Labute approximate surface area is 106 Å². The smallest absolute Gasteiger partial charge is 0.264 e. The number of carbonyl (C=O) groups is 1. The fourth-order valence-electron chi connectivity index (χ4n) is 3.90. The monoisotopic (exact) mass is 250 g/mol. The van der Waals surface area contributed by atoms with E-state index in [0.29, 0.717) is 6.04 Å². The van der Waals surface area contributed by atoms with Crippen LogP contribution in [0.5, 0.6) is 0 Å². The molecule has 2 bridgehead atoms. The van der Waals surface area contributed by atoms with Crippen molar-refractivity contribution >= 4 is 22.8 Å². The molecule has 3 nitrogen and oxygen atoms in total. The number of thioether (sulfide) groups is 1. The Balaban J connectivity index is 1.44. The summed E-state index contributed by atoms with van der Waals surface area (Å²) in [5.74, 6) is 1.91. The third kappa shape index (κ3) is 1.49. The summed E-state index contributed by atoms with van der Waals surface area (Å²) in [6.07, 6.45) is 8.74. The van der Waals surface area contributed by atoms with Crippen molar-refractivity contribution in [3.05, 3.63) is 0 Å². The van der Waals surface area contributed by atoms with Crippen molar-refractivity contribution in [1.82, 2.24) is 5.32 Å². The predicted molar refractivity (Wildman–Crippen MR) is 69.0 cm³/mol. The van der Waals surface area contributed by atoms with Crippen LogP contribution in [-0.4, -0.2) is 21.9 Å². The highest BCUT2D eigenvalue weighted by Crippen LogP contribution is 2.50. The van der Waals surface area contributed by atoms with Crippen LogP contribution in [0.2, 0.25) is 0 Å². The van der Waals surface area contributed by atoms with Gasteiger partial charge in [0.1, 0.15) is 4.75 Å². The average molecular weight is 250 g/mol. The van der Waals surface area contributed by atoms with Gasteiger partial charge in [-0.1, -0.05) is 18.2 Å². The Morgan fingerprint density at radius 2 is 2.18 bits per heavy atom. The zero-order chi connectivity index (χ0) is 11.5. The van der Waals surface area contributed by atoms with Gasteiger partial charge in [0, 0.05) is 6.04 Å². The van der Waals surface area contributed by atoms with Gasteiger partial charge in [-0.15, -0.1) is 0 Å². The highest BCUT2D eigenvalue weighted by molar-refractivity contribution is 8.16. The average Bonchev–Trinajstić information content (AvgIpc) is 2.90. The van der Waals surface area contributed by atoms with Crippen molar-refractivity contribution < 1.29 is 4.79 Å². The fraction of sp³-hybridized carbons (Fsp3) is 0.846. The Hall–Kier alpha value is -0.510. The lowest BCUT2D eigenvalue weighted by Crippen LogP contribution is -2.40. The van der Waals surface area contributed by atoms with Crippen molar-refractivity contribution in [2.75, 3.05) is 0 Å². The Morgan fingerprint density at radius 1 is 1.29 bits per heavy atom. The van der Waals surface area contributed by atoms with E-state index in [9.17, 15) is 4.79 Å². The normalized spacial score (nSPS) is 41.8. The lowest BCUT2D eigenvalue weighted by molar-refractivity contribution is -0.121. The van der Waals surface area contributed by atoms with Crippen LogP contribution < -0.4 is 5.32 Å². The zero-order valence-electron chi connectivity index (χ0n) is 9.95. The molecule has 3 unspecified atom stereocenters. The first-order valence-corrected chi connectivity index (χ1v) is 7.65. The molecule has 0 radical (unpaired) electrons. The summed E-state index contributed by atoms with van der Waals surface area (Å²) in [4.78, 5) is 16.1. The maximum atomic E-state index is 11.9. The van der Waals surface area contributed by atoms with E-state index < -0.39 is 0 Å². The van der Waals surface area contributed by atoms with Gasteiger partial charge in [0.25, 0.3) is 5.91 Å². The molecule has 1 spiro atoms. The summed E-state index contributed by atoms with van der Waals surface area (Å²) >= 11 is 1.71. The number of amidine groups is 1. The highest BCUT2D eigenvalue weighted by Gasteiger charge is 2.51. The minimum absolute atomic E-state index is 0.124. The van der Waals surface area contributed by atoms with Gasteiger partial charge in [0.2, 0.25) is 0 Å². The minimum atomic E-state index is -0.139. The summed E-state index contributed by atoms with van der Waals surface area (Å²) in [6.45, 7) is 0. The number of fused-ring (bicyclic) bond motifs is 2. The van der Waals surface area contributed by atoms with E-state index in [-0.39, 0.29) is 10.7 Å². The summed E-state index contributed by atoms with van der Waals surface area (Å²) < 4.78 is -0.139. The van der Waals surface area contributed by atoms with Crippen LogP contribution in [0.3, 0.4) is 0 Å². The summed E-state index contributed by atoms with van der Waals surface area (Å²) in [5, 5.41) is 4.48. The molecule has 4 aliphatic rings. The number of nitrogens with zero attached hydrogens (tertiary/aromatic N) is 1. The Kier molecular flexibility index (Phi) is 2.14. The molecule has 1 heterocycles. The van der Waals surface area contributed by atoms with Crippen LogP contribution >= 0.6 is 11.8 Å². The molecule has 4 rings (SSSR count). The maximum Gasteiger partial charge on any atom is 0.264 e. The SMILES string of the molecule is O=C1N=C(NC2CC3CCC2C3)SC12CCC2. The van der Waals surface area contributed by atoms with E-state index in [1.807, 2.05) is 0 Å². The molecule has 17 heavy (non-hydrogen) atoms. The molecule has 3 atom stereocenters. The lowest BCUT2D eigenvalue weighted by Gasteiger charge is -2.34. The van der Waals surface area contributed by atoms with E-state index in [1.54, 1.807) is 11.8 Å². The Bertz CT molecular complexity index is 402. The van der Waals surface area contributed by atoms with E-state index >= 15 is 0 Å². The molecule has 4 heteroatoms. The molecule has 0 aromatic rings. The van der Waals surface area contributed by atoms with Crippen LogP contribution in [0, 0.1) is 11.8 Å². The third-order valence-corrected chi connectivity index (χ3v) is 6.47. The molecule has 0 saturated heterocycles. The first kappa shape index (κ1) is 10.4. The van der Waals surface area contributed by atoms with E-state index in [0.717, 1.165) is 29.8 Å². The van der Waals surface area contributed by atoms with Crippen molar-refractivity contribution in [3.8, 4) is 0 Å². The van der Waals surface area contributed by atoms with Crippen molar-refractivity contribution in [3.63, 3.8) is 0 Å². The van der Waals surface area contributed by atoms with Gasteiger partial charge in [-0.05, 0) is 50.4 Å². The van der Waals surface area contributed by atoms with Gasteiger partial charge in [-0.3, -0.25) is 4.79 Å². The molecule has 0 aromatic carbocycles. The molecule has 3 aliphatic carbocycles. The first-order chi connectivity index (χ1) is 8.25. The molecule has 1 N–H and O–H groups in total. The van der Waals surface area contributed by atoms with Gasteiger partial charge in [-0.2, -0.15) is 4.99 Å².